The highest BCUT2D eigenvalue weighted by Crippen LogP contribution is 2.19. The Labute approximate surface area is 132 Å². The van der Waals surface area contributed by atoms with Crippen LogP contribution in [0.5, 0.6) is 0 Å². The van der Waals surface area contributed by atoms with Crippen molar-refractivity contribution in [1.82, 2.24) is 15.5 Å². The lowest BCUT2D eigenvalue weighted by Gasteiger charge is -2.20. The van der Waals surface area contributed by atoms with Gasteiger partial charge in [0.05, 0.1) is 6.54 Å². The predicted octanol–water partition coefficient (Wildman–Crippen LogP) is 0.519. The molecule has 1 heterocycles. The maximum Gasteiger partial charge on any atom is 0.241 e. The first-order chi connectivity index (χ1) is 10.6. The molecule has 1 fully saturated rings. The number of rotatable bonds is 4. The Morgan fingerprint density at radius 3 is 2.73 bits per heavy atom. The van der Waals surface area contributed by atoms with E-state index in [2.05, 4.69) is 44.8 Å². The van der Waals surface area contributed by atoms with Crippen molar-refractivity contribution in [2.45, 2.75) is 12.5 Å². The highest BCUT2D eigenvalue weighted by Gasteiger charge is 2.23. The summed E-state index contributed by atoms with van der Waals surface area (Å²) in [5, 5.41) is 6.45. The number of nitrogens with zero attached hydrogens (tertiary/aromatic N) is 3. The molecule has 0 aromatic heterocycles. The van der Waals surface area contributed by atoms with Crippen molar-refractivity contribution < 1.29 is 4.79 Å². The molecule has 0 radical (unpaired) electrons. The van der Waals surface area contributed by atoms with Crippen molar-refractivity contribution in [3.63, 3.8) is 0 Å². The third kappa shape index (κ3) is 4.38. The topological polar surface area (TPSA) is 60.0 Å². The van der Waals surface area contributed by atoms with Crippen LogP contribution in [-0.2, 0) is 4.79 Å². The number of hydrogen-bond donors (Lipinski definition) is 2. The van der Waals surface area contributed by atoms with E-state index in [1.807, 2.05) is 6.07 Å². The third-order valence-corrected chi connectivity index (χ3v) is 3.78. The number of benzene rings is 1. The van der Waals surface area contributed by atoms with Gasteiger partial charge in [-0.2, -0.15) is 0 Å². The quantitative estimate of drug-likeness (QED) is 0.629. The van der Waals surface area contributed by atoms with Crippen LogP contribution in [0.3, 0.4) is 0 Å². The van der Waals surface area contributed by atoms with Gasteiger partial charge in [0, 0.05) is 46.0 Å². The first-order valence-electron chi connectivity index (χ1n) is 7.57. The van der Waals surface area contributed by atoms with Gasteiger partial charge in [0.2, 0.25) is 5.91 Å². The highest BCUT2D eigenvalue weighted by atomic mass is 16.2. The minimum atomic E-state index is 0.0280. The molecule has 1 amide bonds. The van der Waals surface area contributed by atoms with Crippen LogP contribution in [-0.4, -0.2) is 63.6 Å². The monoisotopic (exact) mass is 303 g/mol. The largest absolute Gasteiger partial charge is 0.369 e. The average Bonchev–Trinajstić information content (AvgIpc) is 3.00. The van der Waals surface area contributed by atoms with Crippen LogP contribution < -0.4 is 15.5 Å². The van der Waals surface area contributed by atoms with Gasteiger partial charge in [0.25, 0.3) is 0 Å². The Bertz CT molecular complexity index is 515. The van der Waals surface area contributed by atoms with Gasteiger partial charge in [-0.15, -0.1) is 0 Å². The molecule has 6 nitrogen and oxygen atoms in total. The Hall–Kier alpha value is -2.24. The van der Waals surface area contributed by atoms with Crippen molar-refractivity contribution in [3.05, 3.63) is 30.3 Å². The number of anilines is 1. The molecule has 1 unspecified atom stereocenters. The SMILES string of the molecule is CN=C(NCC(=O)N(C)C)NC1CCN(c2ccccc2)C1. The molecule has 22 heavy (non-hydrogen) atoms. The molecular formula is C16H25N5O. The lowest BCUT2D eigenvalue weighted by Crippen LogP contribution is -2.47. The molecule has 6 heteroatoms. The molecule has 1 aliphatic heterocycles. The lowest BCUT2D eigenvalue weighted by molar-refractivity contribution is -0.127. The van der Waals surface area contributed by atoms with Crippen LogP contribution in [0.1, 0.15) is 6.42 Å². The average molecular weight is 303 g/mol. The van der Waals surface area contributed by atoms with E-state index in [0.717, 1.165) is 19.5 Å². The zero-order valence-electron chi connectivity index (χ0n) is 13.5. The third-order valence-electron chi connectivity index (χ3n) is 3.78. The second-order valence-electron chi connectivity index (χ2n) is 5.63. The molecule has 2 rings (SSSR count). The molecule has 1 aliphatic rings. The summed E-state index contributed by atoms with van der Waals surface area (Å²) < 4.78 is 0. The summed E-state index contributed by atoms with van der Waals surface area (Å²) in [6.07, 6.45) is 1.05. The molecule has 0 bridgehead atoms. The number of amides is 1. The molecule has 1 aromatic rings. The Kier molecular flexibility index (Phi) is 5.63. The second-order valence-corrected chi connectivity index (χ2v) is 5.63. The Morgan fingerprint density at radius 1 is 1.36 bits per heavy atom. The summed E-state index contributed by atoms with van der Waals surface area (Å²) in [5.74, 6) is 0.704. The van der Waals surface area contributed by atoms with Gasteiger partial charge in [0.1, 0.15) is 0 Å². The van der Waals surface area contributed by atoms with E-state index < -0.39 is 0 Å². The van der Waals surface area contributed by atoms with Crippen LogP contribution in [0.15, 0.2) is 35.3 Å². The zero-order chi connectivity index (χ0) is 15.9. The molecule has 0 saturated carbocycles. The van der Waals surface area contributed by atoms with E-state index in [9.17, 15) is 4.79 Å². The molecule has 1 aromatic carbocycles. The van der Waals surface area contributed by atoms with Crippen LogP contribution in [0.2, 0.25) is 0 Å². The maximum atomic E-state index is 11.6. The van der Waals surface area contributed by atoms with Crippen LogP contribution >= 0.6 is 0 Å². The van der Waals surface area contributed by atoms with Crippen LogP contribution in [0.25, 0.3) is 0 Å². The van der Waals surface area contributed by atoms with Gasteiger partial charge in [0.15, 0.2) is 5.96 Å². The minimum Gasteiger partial charge on any atom is -0.369 e. The second kappa shape index (κ2) is 7.68. The van der Waals surface area contributed by atoms with Crippen LogP contribution in [0, 0.1) is 0 Å². The smallest absolute Gasteiger partial charge is 0.241 e. The summed E-state index contributed by atoms with van der Waals surface area (Å²) in [6, 6.07) is 10.7. The van der Waals surface area contributed by atoms with Crippen molar-refractivity contribution in [3.8, 4) is 0 Å². The van der Waals surface area contributed by atoms with E-state index in [0.29, 0.717) is 12.0 Å². The summed E-state index contributed by atoms with van der Waals surface area (Å²) >= 11 is 0. The molecular weight excluding hydrogens is 278 g/mol. The fourth-order valence-corrected chi connectivity index (χ4v) is 2.46. The van der Waals surface area contributed by atoms with E-state index in [4.69, 9.17) is 0 Å². The van der Waals surface area contributed by atoms with E-state index >= 15 is 0 Å². The van der Waals surface area contributed by atoms with Gasteiger partial charge < -0.3 is 20.4 Å². The Morgan fingerprint density at radius 2 is 2.09 bits per heavy atom. The lowest BCUT2D eigenvalue weighted by atomic mass is 10.3. The highest BCUT2D eigenvalue weighted by molar-refractivity contribution is 5.86. The normalized spacial score (nSPS) is 18.2. The molecule has 0 aliphatic carbocycles. The van der Waals surface area contributed by atoms with E-state index in [1.54, 1.807) is 26.0 Å². The predicted molar refractivity (Wildman–Crippen MR) is 90.3 cm³/mol. The van der Waals surface area contributed by atoms with Crippen molar-refractivity contribution in [2.24, 2.45) is 4.99 Å². The summed E-state index contributed by atoms with van der Waals surface area (Å²) in [5.41, 5.74) is 1.25. The van der Waals surface area contributed by atoms with Gasteiger partial charge >= 0.3 is 0 Å². The number of carbonyl (C=O) groups excluding carboxylic acids is 1. The van der Waals surface area contributed by atoms with E-state index in [-0.39, 0.29) is 12.5 Å². The fraction of sp³-hybridized carbons (Fsp3) is 0.500. The van der Waals surface area contributed by atoms with Crippen molar-refractivity contribution >= 4 is 17.6 Å². The van der Waals surface area contributed by atoms with Crippen LogP contribution in [0.4, 0.5) is 5.69 Å². The number of hydrogen-bond acceptors (Lipinski definition) is 3. The summed E-state index contributed by atoms with van der Waals surface area (Å²) in [7, 11) is 5.21. The first kappa shape index (κ1) is 16.1. The molecule has 120 valence electrons. The molecule has 0 spiro atoms. The first-order valence-corrected chi connectivity index (χ1v) is 7.57. The number of guanidine groups is 1. The summed E-state index contributed by atoms with van der Waals surface area (Å²) in [4.78, 5) is 19.7. The summed E-state index contributed by atoms with van der Waals surface area (Å²) in [6.45, 7) is 2.21. The van der Waals surface area contributed by atoms with Crippen molar-refractivity contribution in [2.75, 3.05) is 45.7 Å². The number of nitrogens with one attached hydrogen (secondary N) is 2. The fourth-order valence-electron chi connectivity index (χ4n) is 2.46. The van der Waals surface area contributed by atoms with Gasteiger partial charge in [-0.05, 0) is 18.6 Å². The number of aliphatic imine (C=N–C) groups is 1. The van der Waals surface area contributed by atoms with Gasteiger partial charge in [-0.3, -0.25) is 9.79 Å². The maximum absolute atomic E-state index is 11.6. The minimum absolute atomic E-state index is 0.0280. The number of likely N-dealkylation sites (N-methyl/N-ethyl adjacent to an activating group) is 1. The zero-order valence-corrected chi connectivity index (χ0v) is 13.5. The van der Waals surface area contributed by atoms with Gasteiger partial charge in [-0.25, -0.2) is 0 Å². The van der Waals surface area contributed by atoms with Gasteiger partial charge in [-0.1, -0.05) is 18.2 Å². The molecule has 1 atom stereocenters. The number of carbonyl (C=O) groups is 1. The molecule has 2 N–H and O–H groups in total. The Balaban J connectivity index is 1.82. The van der Waals surface area contributed by atoms with E-state index in [1.165, 1.54) is 5.69 Å². The number of para-hydroxylation sites is 1. The molecule has 1 saturated heterocycles. The van der Waals surface area contributed by atoms with Crippen molar-refractivity contribution in [1.29, 1.82) is 0 Å². The standard InChI is InChI=1S/C16H25N5O/c1-17-16(18-11-15(22)20(2)3)19-13-9-10-21(12-13)14-7-5-4-6-8-14/h4-8,13H,9-12H2,1-3H3,(H2,17,18,19).